The molecule has 0 aromatic carbocycles. The normalized spacial score (nSPS) is 15.3. The second kappa shape index (κ2) is 22.0. The van der Waals surface area contributed by atoms with Crippen LogP contribution < -0.4 is 0 Å². The van der Waals surface area contributed by atoms with Crippen LogP contribution in [0.5, 0.6) is 0 Å². The third-order valence-electron chi connectivity index (χ3n) is 4.49. The van der Waals surface area contributed by atoms with E-state index < -0.39 is 31.0 Å². The number of unbranched alkanes of at least 4 members (excludes halogenated alkanes) is 6. The Balaban J connectivity index is 3.57. The SMILES string of the molecule is CCCCCCCCCC(=O)OCC(O)COCC(O)COCC(O)COCC(O)CO. The first-order valence-electron chi connectivity index (χ1n) is 11.6. The van der Waals surface area contributed by atoms with Gasteiger partial charge in [0, 0.05) is 6.42 Å². The van der Waals surface area contributed by atoms with Crippen LogP contribution in [-0.2, 0) is 23.7 Å². The van der Waals surface area contributed by atoms with E-state index >= 15 is 0 Å². The highest BCUT2D eigenvalue weighted by Crippen LogP contribution is 2.09. The van der Waals surface area contributed by atoms with Crippen molar-refractivity contribution in [2.75, 3.05) is 52.9 Å². The van der Waals surface area contributed by atoms with Crippen molar-refractivity contribution in [3.05, 3.63) is 0 Å². The maximum atomic E-state index is 11.7. The molecule has 0 heterocycles. The summed E-state index contributed by atoms with van der Waals surface area (Å²) in [5, 5.41) is 46.9. The quantitative estimate of drug-likeness (QED) is 0.103. The average Bonchev–Trinajstić information content (AvgIpc) is 2.76. The first-order valence-corrected chi connectivity index (χ1v) is 11.6. The van der Waals surface area contributed by atoms with E-state index in [0.29, 0.717) is 6.42 Å². The lowest BCUT2D eigenvalue weighted by Crippen LogP contribution is -2.30. The Morgan fingerprint density at radius 3 is 1.50 bits per heavy atom. The molecule has 32 heavy (non-hydrogen) atoms. The molecule has 0 rings (SSSR count). The highest BCUT2D eigenvalue weighted by atomic mass is 16.6. The molecule has 0 fully saturated rings. The van der Waals surface area contributed by atoms with Gasteiger partial charge in [-0.05, 0) is 6.42 Å². The molecule has 192 valence electrons. The van der Waals surface area contributed by atoms with Crippen molar-refractivity contribution >= 4 is 5.97 Å². The van der Waals surface area contributed by atoms with Gasteiger partial charge < -0.3 is 44.5 Å². The molecule has 0 bridgehead atoms. The lowest BCUT2D eigenvalue weighted by atomic mass is 10.1. The Bertz CT molecular complexity index is 424. The molecular formula is C22H44O10. The number of esters is 1. The lowest BCUT2D eigenvalue weighted by molar-refractivity contribution is -0.148. The Morgan fingerprint density at radius 1 is 0.625 bits per heavy atom. The van der Waals surface area contributed by atoms with Gasteiger partial charge in [-0.3, -0.25) is 4.79 Å². The standard InChI is InChI=1S/C22H44O10/c1-2-3-4-5-6-7-8-9-22(28)32-17-21(27)16-31-15-20(26)14-30-13-19(25)12-29-11-18(24)10-23/h18-21,23-27H,2-17H2,1H3. The van der Waals surface area contributed by atoms with E-state index in [4.69, 9.17) is 29.2 Å². The molecule has 4 unspecified atom stereocenters. The minimum Gasteiger partial charge on any atom is -0.463 e. The Morgan fingerprint density at radius 2 is 1.03 bits per heavy atom. The van der Waals surface area contributed by atoms with E-state index in [-0.39, 0.29) is 52.2 Å². The Hall–Kier alpha value is -0.850. The number of carbonyl (C=O) groups is 1. The van der Waals surface area contributed by atoms with E-state index in [2.05, 4.69) is 6.92 Å². The third-order valence-corrected chi connectivity index (χ3v) is 4.49. The van der Waals surface area contributed by atoms with Crippen LogP contribution in [0, 0.1) is 0 Å². The van der Waals surface area contributed by atoms with Crippen LogP contribution in [0.3, 0.4) is 0 Å². The van der Waals surface area contributed by atoms with E-state index in [1.165, 1.54) is 25.7 Å². The van der Waals surface area contributed by atoms with Gasteiger partial charge in [0.1, 0.15) is 31.0 Å². The van der Waals surface area contributed by atoms with Crippen molar-refractivity contribution in [1.82, 2.24) is 0 Å². The van der Waals surface area contributed by atoms with Gasteiger partial charge in [-0.25, -0.2) is 0 Å². The fourth-order valence-corrected chi connectivity index (χ4v) is 2.71. The molecule has 0 saturated carbocycles. The van der Waals surface area contributed by atoms with Gasteiger partial charge in [0.2, 0.25) is 0 Å². The number of hydrogen-bond donors (Lipinski definition) is 5. The second-order valence-corrected chi connectivity index (χ2v) is 7.96. The number of ether oxygens (including phenoxy) is 4. The van der Waals surface area contributed by atoms with Crippen LogP contribution in [0.2, 0.25) is 0 Å². The number of hydrogen-bond acceptors (Lipinski definition) is 10. The van der Waals surface area contributed by atoms with Gasteiger partial charge in [-0.15, -0.1) is 0 Å². The average molecular weight is 469 g/mol. The fraction of sp³-hybridized carbons (Fsp3) is 0.955. The molecule has 4 atom stereocenters. The zero-order valence-corrected chi connectivity index (χ0v) is 19.4. The number of rotatable bonds is 23. The molecular weight excluding hydrogens is 424 g/mol. The van der Waals surface area contributed by atoms with Crippen LogP contribution in [0.25, 0.3) is 0 Å². The maximum Gasteiger partial charge on any atom is 0.305 e. The molecule has 0 spiro atoms. The molecule has 0 aromatic heterocycles. The highest BCUT2D eigenvalue weighted by molar-refractivity contribution is 5.69. The van der Waals surface area contributed by atoms with Crippen molar-refractivity contribution in [2.45, 2.75) is 82.7 Å². The summed E-state index contributed by atoms with van der Waals surface area (Å²) in [5.41, 5.74) is 0. The maximum absolute atomic E-state index is 11.7. The molecule has 0 amide bonds. The molecule has 0 saturated heterocycles. The zero-order chi connectivity index (χ0) is 24.0. The van der Waals surface area contributed by atoms with Gasteiger partial charge in [0.25, 0.3) is 0 Å². The summed E-state index contributed by atoms with van der Waals surface area (Å²) in [6, 6.07) is 0. The van der Waals surface area contributed by atoms with Crippen molar-refractivity contribution in [3.63, 3.8) is 0 Å². The van der Waals surface area contributed by atoms with Crippen LogP contribution >= 0.6 is 0 Å². The van der Waals surface area contributed by atoms with Crippen molar-refractivity contribution in [3.8, 4) is 0 Å². The van der Waals surface area contributed by atoms with Crippen LogP contribution in [-0.4, -0.2) is 109 Å². The van der Waals surface area contributed by atoms with Gasteiger partial charge in [0.15, 0.2) is 0 Å². The minimum absolute atomic E-state index is 0.0759. The van der Waals surface area contributed by atoms with Crippen molar-refractivity contribution in [2.24, 2.45) is 0 Å². The first-order chi connectivity index (χ1) is 15.4. The monoisotopic (exact) mass is 468 g/mol. The largest absolute Gasteiger partial charge is 0.463 e. The Kier molecular flexibility index (Phi) is 21.4. The van der Waals surface area contributed by atoms with Crippen LogP contribution in [0.1, 0.15) is 58.3 Å². The van der Waals surface area contributed by atoms with E-state index in [0.717, 1.165) is 19.3 Å². The zero-order valence-electron chi connectivity index (χ0n) is 19.4. The second-order valence-electron chi connectivity index (χ2n) is 7.96. The molecule has 0 aromatic rings. The van der Waals surface area contributed by atoms with Gasteiger partial charge in [-0.1, -0.05) is 45.4 Å². The smallest absolute Gasteiger partial charge is 0.305 e. The highest BCUT2D eigenvalue weighted by Gasteiger charge is 2.12. The number of aliphatic hydroxyl groups excluding tert-OH is 5. The topological polar surface area (TPSA) is 155 Å². The lowest BCUT2D eigenvalue weighted by Gasteiger charge is -2.16. The third kappa shape index (κ3) is 21.0. The Labute approximate surface area is 191 Å². The number of aliphatic hydroxyl groups is 5. The summed E-state index contributed by atoms with van der Waals surface area (Å²) in [5.74, 6) is -0.334. The van der Waals surface area contributed by atoms with Crippen LogP contribution in [0.15, 0.2) is 0 Å². The van der Waals surface area contributed by atoms with E-state index in [1.54, 1.807) is 0 Å². The predicted molar refractivity (Wildman–Crippen MR) is 117 cm³/mol. The molecule has 5 N–H and O–H groups in total. The first kappa shape index (κ1) is 31.1. The summed E-state index contributed by atoms with van der Waals surface area (Å²) < 4.78 is 20.4. The van der Waals surface area contributed by atoms with E-state index in [9.17, 15) is 20.1 Å². The summed E-state index contributed by atoms with van der Waals surface area (Å²) in [4.78, 5) is 11.7. The summed E-state index contributed by atoms with van der Waals surface area (Å²) in [7, 11) is 0. The molecule has 10 heteroatoms. The van der Waals surface area contributed by atoms with Gasteiger partial charge >= 0.3 is 5.97 Å². The van der Waals surface area contributed by atoms with Gasteiger partial charge in [-0.2, -0.15) is 0 Å². The predicted octanol–water partition coefficient (Wildman–Crippen LogP) is 0.156. The number of carbonyl (C=O) groups excluding carboxylic acids is 1. The summed E-state index contributed by atoms with van der Waals surface area (Å²) in [6.07, 6.45) is 4.29. The molecule has 0 aliphatic carbocycles. The molecule has 0 aliphatic rings. The summed E-state index contributed by atoms with van der Waals surface area (Å²) in [6.45, 7) is 1.09. The summed E-state index contributed by atoms with van der Waals surface area (Å²) >= 11 is 0. The van der Waals surface area contributed by atoms with Gasteiger partial charge in [0.05, 0.1) is 46.2 Å². The van der Waals surface area contributed by atoms with Crippen molar-refractivity contribution < 1.29 is 49.3 Å². The van der Waals surface area contributed by atoms with Crippen LogP contribution in [0.4, 0.5) is 0 Å². The molecule has 0 aliphatic heterocycles. The fourth-order valence-electron chi connectivity index (χ4n) is 2.71. The minimum atomic E-state index is -0.994. The van der Waals surface area contributed by atoms with E-state index in [1.807, 2.05) is 0 Å². The van der Waals surface area contributed by atoms with Crippen molar-refractivity contribution in [1.29, 1.82) is 0 Å². The molecule has 0 radical (unpaired) electrons. The molecule has 10 nitrogen and oxygen atoms in total.